The van der Waals surface area contributed by atoms with E-state index in [4.69, 9.17) is 5.73 Å². The molecule has 2 heterocycles. The van der Waals surface area contributed by atoms with Crippen LogP contribution in [0.25, 0.3) is 0 Å². The first-order valence-electron chi connectivity index (χ1n) is 7.86. The van der Waals surface area contributed by atoms with Gasteiger partial charge < -0.3 is 15.5 Å². The zero-order chi connectivity index (χ0) is 13.0. The third-order valence-corrected chi connectivity index (χ3v) is 4.86. The lowest BCUT2D eigenvalue weighted by atomic mass is 9.96. The van der Waals surface area contributed by atoms with Crippen LogP contribution in [0, 0.1) is 0 Å². The second-order valence-corrected chi connectivity index (χ2v) is 6.61. The van der Waals surface area contributed by atoms with Crippen molar-refractivity contribution in [2.24, 2.45) is 5.73 Å². The number of nitrogens with zero attached hydrogens (tertiary/aromatic N) is 2. The van der Waals surface area contributed by atoms with E-state index in [1.165, 1.54) is 58.3 Å². The molecule has 1 atom stereocenters. The molecule has 0 bridgehead atoms. The quantitative estimate of drug-likeness (QED) is 0.832. The van der Waals surface area contributed by atoms with Crippen molar-refractivity contribution in [3.63, 3.8) is 0 Å². The molecule has 0 saturated carbocycles. The summed E-state index contributed by atoms with van der Waals surface area (Å²) in [5, 5.41) is 0. The Morgan fingerprint density at radius 1 is 1.06 bits per heavy atom. The van der Waals surface area contributed by atoms with E-state index in [2.05, 4.69) is 23.6 Å². The molecule has 2 aliphatic rings. The largest absolute Gasteiger partial charge is 0.324 e. The summed E-state index contributed by atoms with van der Waals surface area (Å²) >= 11 is 0. The minimum absolute atomic E-state index is 0.00202. The van der Waals surface area contributed by atoms with Gasteiger partial charge in [0.15, 0.2) is 0 Å². The number of nitrogens with two attached hydrogens (primary N) is 1. The van der Waals surface area contributed by atoms with Crippen molar-refractivity contribution in [1.29, 1.82) is 0 Å². The Morgan fingerprint density at radius 3 is 2.22 bits per heavy atom. The Kier molecular flexibility index (Phi) is 5.05. The van der Waals surface area contributed by atoms with Gasteiger partial charge in [-0.3, -0.25) is 0 Å². The topological polar surface area (TPSA) is 32.5 Å². The smallest absolute Gasteiger partial charge is 0.0252 e. The summed E-state index contributed by atoms with van der Waals surface area (Å²) in [6.07, 6.45) is 8.03. The first-order chi connectivity index (χ1) is 8.61. The third kappa shape index (κ3) is 3.94. The summed E-state index contributed by atoms with van der Waals surface area (Å²) in [6.45, 7) is 10.6. The van der Waals surface area contributed by atoms with Gasteiger partial charge in [0.2, 0.25) is 0 Å². The molecule has 2 N–H and O–H groups in total. The van der Waals surface area contributed by atoms with Crippen LogP contribution in [0.5, 0.6) is 0 Å². The molecule has 0 radical (unpaired) electrons. The molecule has 106 valence electrons. The van der Waals surface area contributed by atoms with Gasteiger partial charge in [0.25, 0.3) is 0 Å². The van der Waals surface area contributed by atoms with E-state index in [0.717, 1.165) is 19.0 Å². The van der Waals surface area contributed by atoms with E-state index in [1.54, 1.807) is 0 Å². The van der Waals surface area contributed by atoms with Gasteiger partial charge >= 0.3 is 0 Å². The Bertz CT molecular complexity index is 238. The molecule has 1 unspecified atom stereocenters. The van der Waals surface area contributed by atoms with Crippen molar-refractivity contribution in [2.45, 2.75) is 64.0 Å². The molecule has 0 amide bonds. The van der Waals surface area contributed by atoms with E-state index < -0.39 is 0 Å². The summed E-state index contributed by atoms with van der Waals surface area (Å²) < 4.78 is 0. The van der Waals surface area contributed by atoms with Gasteiger partial charge in [-0.25, -0.2) is 0 Å². The van der Waals surface area contributed by atoms with E-state index in [9.17, 15) is 0 Å². The zero-order valence-electron chi connectivity index (χ0n) is 12.3. The molecular weight excluding hydrogens is 222 g/mol. The van der Waals surface area contributed by atoms with Crippen molar-refractivity contribution >= 4 is 0 Å². The fourth-order valence-corrected chi connectivity index (χ4v) is 3.35. The first-order valence-corrected chi connectivity index (χ1v) is 7.86. The van der Waals surface area contributed by atoms with Gasteiger partial charge in [0, 0.05) is 18.1 Å². The minimum Gasteiger partial charge on any atom is -0.324 e. The lowest BCUT2D eigenvalue weighted by Crippen LogP contribution is -2.52. The lowest BCUT2D eigenvalue weighted by molar-refractivity contribution is 0.0827. The van der Waals surface area contributed by atoms with Gasteiger partial charge in [0.1, 0.15) is 0 Å². The lowest BCUT2D eigenvalue weighted by Gasteiger charge is -2.42. The SMILES string of the molecule is CCC(C)(N)CN1CCC(N2CCCCC2)CC1. The maximum atomic E-state index is 6.27. The molecule has 0 aromatic heterocycles. The molecule has 0 spiro atoms. The Hall–Kier alpha value is -0.120. The molecule has 2 saturated heterocycles. The van der Waals surface area contributed by atoms with Crippen LogP contribution in [0.15, 0.2) is 0 Å². The molecule has 2 rings (SSSR count). The van der Waals surface area contributed by atoms with Gasteiger partial charge in [-0.15, -0.1) is 0 Å². The van der Waals surface area contributed by atoms with Crippen LogP contribution in [0.2, 0.25) is 0 Å². The van der Waals surface area contributed by atoms with Crippen molar-refractivity contribution in [2.75, 3.05) is 32.7 Å². The number of hydrogen-bond acceptors (Lipinski definition) is 3. The predicted octanol–water partition coefficient (Wildman–Crippen LogP) is 2.06. The van der Waals surface area contributed by atoms with E-state index in [1.807, 2.05) is 0 Å². The van der Waals surface area contributed by atoms with Crippen molar-refractivity contribution in [1.82, 2.24) is 9.80 Å². The van der Waals surface area contributed by atoms with Crippen LogP contribution in [-0.2, 0) is 0 Å². The van der Waals surface area contributed by atoms with Crippen LogP contribution < -0.4 is 5.73 Å². The average Bonchev–Trinajstić information content (AvgIpc) is 2.40. The van der Waals surface area contributed by atoms with Crippen LogP contribution in [0.4, 0.5) is 0 Å². The second kappa shape index (κ2) is 6.36. The summed E-state index contributed by atoms with van der Waals surface area (Å²) in [5.41, 5.74) is 6.27. The Balaban J connectivity index is 1.74. The summed E-state index contributed by atoms with van der Waals surface area (Å²) in [7, 11) is 0. The molecule has 2 aliphatic heterocycles. The highest BCUT2D eigenvalue weighted by Gasteiger charge is 2.28. The predicted molar refractivity (Wildman–Crippen MR) is 77.8 cm³/mol. The fraction of sp³-hybridized carbons (Fsp3) is 1.00. The summed E-state index contributed by atoms with van der Waals surface area (Å²) in [5.74, 6) is 0. The van der Waals surface area contributed by atoms with E-state index >= 15 is 0 Å². The Morgan fingerprint density at radius 2 is 1.67 bits per heavy atom. The maximum absolute atomic E-state index is 6.27. The molecular formula is C15H31N3. The summed E-state index contributed by atoms with van der Waals surface area (Å²) in [4.78, 5) is 5.31. The molecule has 2 fully saturated rings. The molecule has 3 heteroatoms. The number of piperidine rings is 2. The average molecular weight is 253 g/mol. The molecule has 0 aliphatic carbocycles. The van der Waals surface area contributed by atoms with Gasteiger partial charge in [-0.1, -0.05) is 13.3 Å². The highest BCUT2D eigenvalue weighted by atomic mass is 15.2. The number of likely N-dealkylation sites (tertiary alicyclic amines) is 2. The van der Waals surface area contributed by atoms with E-state index in [-0.39, 0.29) is 5.54 Å². The van der Waals surface area contributed by atoms with Crippen LogP contribution in [0.1, 0.15) is 52.4 Å². The summed E-state index contributed by atoms with van der Waals surface area (Å²) in [6, 6.07) is 0.854. The molecule has 0 aromatic carbocycles. The van der Waals surface area contributed by atoms with E-state index in [0.29, 0.717) is 0 Å². The number of rotatable bonds is 4. The normalized spacial score (nSPS) is 28.2. The second-order valence-electron chi connectivity index (χ2n) is 6.61. The van der Waals surface area contributed by atoms with Gasteiger partial charge in [-0.05, 0) is 65.2 Å². The van der Waals surface area contributed by atoms with Crippen molar-refractivity contribution in [3.8, 4) is 0 Å². The fourth-order valence-electron chi connectivity index (χ4n) is 3.35. The van der Waals surface area contributed by atoms with Crippen molar-refractivity contribution < 1.29 is 0 Å². The van der Waals surface area contributed by atoms with Crippen LogP contribution >= 0.6 is 0 Å². The minimum atomic E-state index is -0.00202. The van der Waals surface area contributed by atoms with Gasteiger partial charge in [0.05, 0.1) is 0 Å². The molecule has 18 heavy (non-hydrogen) atoms. The van der Waals surface area contributed by atoms with Crippen LogP contribution in [0.3, 0.4) is 0 Å². The van der Waals surface area contributed by atoms with Crippen molar-refractivity contribution in [3.05, 3.63) is 0 Å². The first kappa shape index (κ1) is 14.3. The highest BCUT2D eigenvalue weighted by Crippen LogP contribution is 2.21. The van der Waals surface area contributed by atoms with Gasteiger partial charge in [-0.2, -0.15) is 0 Å². The third-order valence-electron chi connectivity index (χ3n) is 4.86. The zero-order valence-corrected chi connectivity index (χ0v) is 12.3. The standard InChI is InChI=1S/C15H31N3/c1-3-15(2,16)13-17-11-7-14(8-12-17)18-9-5-4-6-10-18/h14H,3-13,16H2,1-2H3. The monoisotopic (exact) mass is 253 g/mol. The Labute approximate surface area is 113 Å². The molecule has 3 nitrogen and oxygen atoms in total. The highest BCUT2D eigenvalue weighted by molar-refractivity contribution is 4.86. The van der Waals surface area contributed by atoms with Crippen LogP contribution in [-0.4, -0.2) is 54.1 Å². The maximum Gasteiger partial charge on any atom is 0.0252 e. The number of hydrogen-bond donors (Lipinski definition) is 1. The molecule has 0 aromatic rings.